The highest BCUT2D eigenvalue weighted by atomic mass is 31.2. The average Bonchev–Trinajstić information content (AvgIpc) is 3.53. The summed E-state index contributed by atoms with van der Waals surface area (Å²) in [7, 11) is -4.32. The summed E-state index contributed by atoms with van der Waals surface area (Å²) in [6, 6.07) is 12.0. The molecule has 0 saturated carbocycles. The van der Waals surface area contributed by atoms with Gasteiger partial charge in [-0.25, -0.2) is 14.1 Å². The second-order valence-corrected chi connectivity index (χ2v) is 11.7. The van der Waals surface area contributed by atoms with Gasteiger partial charge in [0.05, 0.1) is 18.9 Å². The summed E-state index contributed by atoms with van der Waals surface area (Å²) in [5.41, 5.74) is 4.28. The van der Waals surface area contributed by atoms with Gasteiger partial charge in [-0.3, -0.25) is 9.32 Å². The van der Waals surface area contributed by atoms with E-state index in [4.69, 9.17) is 24.3 Å². The van der Waals surface area contributed by atoms with Crippen LogP contribution >= 0.6 is 7.75 Å². The summed E-state index contributed by atoms with van der Waals surface area (Å²) >= 11 is 0. The number of rotatable bonds is 13. The number of para-hydroxylation sites is 1. The summed E-state index contributed by atoms with van der Waals surface area (Å²) in [4.78, 5) is 16.6. The lowest BCUT2D eigenvalue weighted by Gasteiger charge is -2.25. The van der Waals surface area contributed by atoms with Crippen LogP contribution in [0.2, 0.25) is 0 Å². The Morgan fingerprint density at radius 1 is 1.26 bits per heavy atom. The zero-order valence-electron chi connectivity index (χ0n) is 23.5. The molecule has 4 rings (SSSR count). The van der Waals surface area contributed by atoms with Crippen LogP contribution in [0, 0.1) is 17.2 Å². The highest BCUT2D eigenvalue weighted by Gasteiger charge is 2.58. The van der Waals surface area contributed by atoms with Gasteiger partial charge in [0.15, 0.2) is 5.82 Å². The molecule has 1 aromatic carbocycles. The van der Waals surface area contributed by atoms with Crippen molar-refractivity contribution in [1.29, 1.82) is 5.26 Å². The van der Waals surface area contributed by atoms with Crippen LogP contribution < -0.4 is 15.3 Å². The number of carbonyl (C=O) groups excluding carboxylic acids is 1. The van der Waals surface area contributed by atoms with E-state index in [0.717, 1.165) is 12.8 Å². The SMILES string of the molecule is CCC(CC)COC(=O)C(C)N[P@](=O)(OC[C@H]1OC(C#N)(c2ccc3c(N)ncnn23)[C@H](O)[C@@H]1O)Oc1ccccc1. The van der Waals surface area contributed by atoms with Crippen LogP contribution in [0.1, 0.15) is 39.3 Å². The molecule has 0 bridgehead atoms. The fourth-order valence-electron chi connectivity index (χ4n) is 4.57. The maximum absolute atomic E-state index is 13.9. The molecule has 1 aliphatic rings. The first-order valence-corrected chi connectivity index (χ1v) is 15.1. The van der Waals surface area contributed by atoms with E-state index < -0.39 is 50.3 Å². The number of nitrogens with zero attached hydrogens (tertiary/aromatic N) is 4. The van der Waals surface area contributed by atoms with Crippen molar-refractivity contribution in [2.24, 2.45) is 5.92 Å². The smallest absolute Gasteiger partial charge is 0.459 e. The lowest BCUT2D eigenvalue weighted by molar-refractivity contribution is -0.146. The van der Waals surface area contributed by atoms with Crippen molar-refractivity contribution in [3.63, 3.8) is 0 Å². The topological polar surface area (TPSA) is 204 Å². The number of nitrogen functional groups attached to an aromatic ring is 1. The predicted molar refractivity (Wildman–Crippen MR) is 150 cm³/mol. The van der Waals surface area contributed by atoms with Crippen molar-refractivity contribution in [1.82, 2.24) is 19.7 Å². The fourth-order valence-corrected chi connectivity index (χ4v) is 6.07. The maximum Gasteiger partial charge on any atom is 0.459 e. The number of fused-ring (bicyclic) bond motifs is 1. The third-order valence-electron chi connectivity index (χ3n) is 7.19. The molecule has 226 valence electrons. The molecule has 0 amide bonds. The Kier molecular flexibility index (Phi) is 9.83. The van der Waals surface area contributed by atoms with E-state index in [0.29, 0.717) is 5.52 Å². The number of aliphatic hydroxyl groups is 2. The second kappa shape index (κ2) is 13.2. The van der Waals surface area contributed by atoms with Crippen molar-refractivity contribution in [2.75, 3.05) is 18.9 Å². The second-order valence-electron chi connectivity index (χ2n) is 9.96. The van der Waals surface area contributed by atoms with E-state index in [2.05, 4.69) is 15.2 Å². The van der Waals surface area contributed by atoms with E-state index in [-0.39, 0.29) is 29.8 Å². The van der Waals surface area contributed by atoms with E-state index in [1.165, 1.54) is 23.8 Å². The fraction of sp³-hybridized carbons (Fsp3) is 0.481. The lowest BCUT2D eigenvalue weighted by Crippen LogP contribution is -2.41. The summed E-state index contributed by atoms with van der Waals surface area (Å²) in [5.74, 6) is -0.143. The minimum absolute atomic E-state index is 0.0961. The Morgan fingerprint density at radius 3 is 2.64 bits per heavy atom. The molecule has 15 heteroatoms. The number of ether oxygens (including phenoxy) is 2. The summed E-state index contributed by atoms with van der Waals surface area (Å²) < 4.78 is 37.8. The third kappa shape index (κ3) is 6.42. The molecule has 0 radical (unpaired) electrons. The third-order valence-corrected chi connectivity index (χ3v) is 8.83. The van der Waals surface area contributed by atoms with Gasteiger partial charge in [-0.15, -0.1) is 0 Å². The Balaban J connectivity index is 1.53. The lowest BCUT2D eigenvalue weighted by atomic mass is 9.92. The first-order chi connectivity index (χ1) is 20.1. The molecule has 1 saturated heterocycles. The van der Waals surface area contributed by atoms with Crippen molar-refractivity contribution in [3.8, 4) is 11.8 Å². The zero-order chi connectivity index (χ0) is 30.5. The number of aromatic nitrogens is 3. The minimum atomic E-state index is -4.32. The van der Waals surface area contributed by atoms with Gasteiger partial charge in [-0.2, -0.15) is 15.4 Å². The number of aliphatic hydroxyl groups excluding tert-OH is 2. The van der Waals surface area contributed by atoms with Crippen LogP contribution in [0.25, 0.3) is 5.52 Å². The van der Waals surface area contributed by atoms with Gasteiger partial charge in [0.2, 0.25) is 5.60 Å². The van der Waals surface area contributed by atoms with Crippen molar-refractivity contribution in [3.05, 3.63) is 54.5 Å². The summed E-state index contributed by atoms with van der Waals surface area (Å²) in [6.07, 6.45) is -1.87. The highest BCUT2D eigenvalue weighted by Crippen LogP contribution is 2.47. The molecular weight excluding hydrogens is 567 g/mol. The van der Waals surface area contributed by atoms with Crippen LogP contribution in [-0.2, 0) is 29.0 Å². The molecule has 42 heavy (non-hydrogen) atoms. The zero-order valence-corrected chi connectivity index (χ0v) is 24.4. The average molecular weight is 603 g/mol. The minimum Gasteiger partial charge on any atom is -0.464 e. The van der Waals surface area contributed by atoms with E-state index >= 15 is 0 Å². The Labute approximate surface area is 242 Å². The van der Waals surface area contributed by atoms with Gasteiger partial charge in [0.1, 0.15) is 48.0 Å². The number of nitrogens with two attached hydrogens (primary N) is 1. The van der Waals surface area contributed by atoms with Gasteiger partial charge in [0, 0.05) is 0 Å². The van der Waals surface area contributed by atoms with Gasteiger partial charge >= 0.3 is 13.7 Å². The van der Waals surface area contributed by atoms with Crippen molar-refractivity contribution in [2.45, 2.75) is 63.6 Å². The number of hydrogen-bond donors (Lipinski definition) is 4. The van der Waals surface area contributed by atoms with E-state index in [1.54, 1.807) is 36.4 Å². The molecule has 3 heterocycles. The molecule has 1 fully saturated rings. The first kappa shape index (κ1) is 31.4. The number of esters is 1. The predicted octanol–water partition coefficient (Wildman–Crippen LogP) is 2.31. The maximum atomic E-state index is 13.9. The standard InChI is InChI=1S/C27H35N6O8P/c1-4-18(5-2)13-38-26(36)17(3)32-42(37,41-19-9-7-6-8-10-19)39-14-21-23(34)24(35)27(15-28,40-21)22-12-11-20-25(29)30-16-31-33(20)22/h6-12,16-18,21,23-24,34-35H,4-5,13-14H2,1-3H3,(H,32,37)(H2,29,30,31)/t17?,21-,23-,24-,27?,42+/m1/s1. The molecule has 0 spiro atoms. The van der Waals surface area contributed by atoms with Crippen LogP contribution in [0.3, 0.4) is 0 Å². The quantitative estimate of drug-likeness (QED) is 0.164. The van der Waals surface area contributed by atoms with E-state index in [9.17, 15) is 24.8 Å². The van der Waals surface area contributed by atoms with Crippen molar-refractivity contribution < 1.29 is 38.1 Å². The monoisotopic (exact) mass is 602 g/mol. The number of carbonyl (C=O) groups is 1. The molecule has 3 aromatic rings. The van der Waals surface area contributed by atoms with Gasteiger partial charge in [-0.05, 0) is 37.1 Å². The summed E-state index contributed by atoms with van der Waals surface area (Å²) in [6.45, 7) is 5.08. The number of benzene rings is 1. The van der Waals surface area contributed by atoms with Crippen LogP contribution in [-0.4, -0.2) is 68.3 Å². The summed E-state index contributed by atoms with van der Waals surface area (Å²) in [5, 5.41) is 38.7. The first-order valence-electron chi connectivity index (χ1n) is 13.5. The molecule has 14 nitrogen and oxygen atoms in total. The number of nitriles is 1. The van der Waals surface area contributed by atoms with Gasteiger partial charge < -0.3 is 29.9 Å². The van der Waals surface area contributed by atoms with Gasteiger partial charge in [-0.1, -0.05) is 44.9 Å². The Morgan fingerprint density at radius 2 is 1.98 bits per heavy atom. The Hall–Kier alpha value is -3.57. The number of nitrogens with one attached hydrogen (secondary N) is 1. The number of anilines is 1. The molecule has 2 unspecified atom stereocenters. The van der Waals surface area contributed by atoms with Crippen LogP contribution in [0.15, 0.2) is 48.8 Å². The molecule has 6 atom stereocenters. The largest absolute Gasteiger partial charge is 0.464 e. The van der Waals surface area contributed by atoms with E-state index in [1.807, 2.05) is 19.9 Å². The van der Waals surface area contributed by atoms with Crippen LogP contribution in [0.4, 0.5) is 5.82 Å². The molecular formula is C27H35N6O8P. The highest BCUT2D eigenvalue weighted by molar-refractivity contribution is 7.52. The molecule has 5 N–H and O–H groups in total. The molecule has 1 aliphatic heterocycles. The normalized spacial score (nSPS) is 24.3. The van der Waals surface area contributed by atoms with Gasteiger partial charge in [0.25, 0.3) is 0 Å². The van der Waals surface area contributed by atoms with Crippen molar-refractivity contribution >= 4 is 25.1 Å². The Bertz CT molecular complexity index is 1460. The molecule has 0 aliphatic carbocycles. The number of hydrogen-bond acceptors (Lipinski definition) is 12. The van der Waals surface area contributed by atoms with Crippen LogP contribution in [0.5, 0.6) is 5.75 Å². The molecule has 2 aromatic heterocycles.